The molecule has 3 aromatic carbocycles. The fourth-order valence-electron chi connectivity index (χ4n) is 3.72. The molecule has 1 aromatic heterocycles. The zero-order valence-electron chi connectivity index (χ0n) is 16.9. The molecule has 0 aliphatic carbocycles. The van der Waals surface area contributed by atoms with Gasteiger partial charge >= 0.3 is 189 Å². The maximum absolute atomic E-state index is 12.9. The molecule has 6 heteroatoms. The van der Waals surface area contributed by atoms with E-state index in [4.69, 9.17) is 5.73 Å². The Hall–Kier alpha value is -4.00. The van der Waals surface area contributed by atoms with Crippen LogP contribution in [0.1, 0.15) is 21.5 Å². The summed E-state index contributed by atoms with van der Waals surface area (Å²) in [6, 6.07) is 26.6. The number of carbonyl (C=O) groups excluding carboxylic acids is 1. The molecule has 0 saturated heterocycles. The second-order valence-corrected chi connectivity index (χ2v) is 7.51. The van der Waals surface area contributed by atoms with Gasteiger partial charge in [0.1, 0.15) is 0 Å². The molecular weight excluding hydrogens is 459 g/mol. The van der Waals surface area contributed by atoms with Crippen molar-refractivity contribution in [2.75, 3.05) is 0 Å². The quantitative estimate of drug-likeness (QED) is 0.338. The van der Waals surface area contributed by atoms with Crippen molar-refractivity contribution in [2.24, 2.45) is 9.64 Å². The summed E-state index contributed by atoms with van der Waals surface area (Å²) < 4.78 is 4.00. The van der Waals surface area contributed by atoms with Crippen LogP contribution in [0.4, 0.5) is 0 Å². The SMILES string of the molecule is N#Cc1ccccc1-c1c(-c2ccccc2)cnc(-c2cccc(C=N[As])c2)c1C(N)=O. The molecule has 0 aliphatic rings. The first-order valence-corrected chi connectivity index (χ1v) is 10.6. The number of rotatable bonds is 5. The summed E-state index contributed by atoms with van der Waals surface area (Å²) in [6.45, 7) is 0. The van der Waals surface area contributed by atoms with Crippen LogP contribution >= 0.6 is 0 Å². The third kappa shape index (κ3) is 4.09. The summed E-state index contributed by atoms with van der Waals surface area (Å²) in [5.41, 5.74) is 11.6. The molecule has 1 amide bonds. The molecule has 5 nitrogen and oxygen atoms in total. The Morgan fingerprint density at radius 2 is 1.69 bits per heavy atom. The summed E-state index contributed by atoms with van der Waals surface area (Å²) in [5.74, 6) is -0.612. The van der Waals surface area contributed by atoms with E-state index >= 15 is 0 Å². The summed E-state index contributed by atoms with van der Waals surface area (Å²) >= 11 is 2.15. The van der Waals surface area contributed by atoms with Gasteiger partial charge in [-0.3, -0.25) is 0 Å². The monoisotopic (exact) mass is 476 g/mol. The number of hydrogen-bond acceptors (Lipinski definition) is 4. The van der Waals surface area contributed by atoms with Crippen LogP contribution in [0, 0.1) is 11.3 Å². The zero-order valence-corrected chi connectivity index (χ0v) is 18.8. The van der Waals surface area contributed by atoms with Gasteiger partial charge in [0.05, 0.1) is 0 Å². The minimum absolute atomic E-state index is 0.274. The molecule has 152 valence electrons. The van der Waals surface area contributed by atoms with Gasteiger partial charge in [-0.05, 0) is 0 Å². The molecule has 4 rings (SSSR count). The number of amides is 1. The number of pyridine rings is 1. The Morgan fingerprint density at radius 3 is 2.41 bits per heavy atom. The van der Waals surface area contributed by atoms with E-state index in [1.54, 1.807) is 24.5 Å². The van der Waals surface area contributed by atoms with Crippen molar-refractivity contribution in [2.45, 2.75) is 0 Å². The van der Waals surface area contributed by atoms with Crippen LogP contribution in [0.3, 0.4) is 0 Å². The minimum atomic E-state index is -0.612. The zero-order chi connectivity index (χ0) is 22.5. The van der Waals surface area contributed by atoms with Crippen LogP contribution in [0.5, 0.6) is 0 Å². The van der Waals surface area contributed by atoms with Gasteiger partial charge in [0, 0.05) is 0 Å². The molecule has 0 fully saturated rings. The van der Waals surface area contributed by atoms with Gasteiger partial charge in [0.2, 0.25) is 0 Å². The van der Waals surface area contributed by atoms with Gasteiger partial charge in [0.15, 0.2) is 0 Å². The number of primary amides is 1. The fourth-order valence-corrected chi connectivity index (χ4v) is 4.00. The molecule has 1 heterocycles. The molecule has 2 radical (unpaired) electrons. The van der Waals surface area contributed by atoms with Gasteiger partial charge < -0.3 is 0 Å². The molecule has 4 aromatic rings. The van der Waals surface area contributed by atoms with E-state index in [2.05, 4.69) is 32.0 Å². The summed E-state index contributed by atoms with van der Waals surface area (Å²) in [5, 5.41) is 9.75. The van der Waals surface area contributed by atoms with Crippen molar-refractivity contribution in [1.29, 1.82) is 5.26 Å². The molecule has 0 spiro atoms. The van der Waals surface area contributed by atoms with E-state index in [0.717, 1.165) is 22.3 Å². The van der Waals surface area contributed by atoms with Crippen molar-refractivity contribution < 1.29 is 4.79 Å². The Kier molecular flexibility index (Phi) is 6.26. The van der Waals surface area contributed by atoms with Crippen LogP contribution in [-0.2, 0) is 0 Å². The molecule has 32 heavy (non-hydrogen) atoms. The Labute approximate surface area is 195 Å². The molecule has 0 atom stereocenters. The van der Waals surface area contributed by atoms with Crippen LogP contribution in [-0.4, -0.2) is 34.2 Å². The standard InChI is InChI=1S/C26H17AsN4O/c27-31-15-17-7-6-11-19(13-17)25-24(26(29)32)23(21-12-5-4-10-20(21)14-28)22(16-30-25)18-8-2-1-3-9-18/h1-13,15-16H,(H2,29,32). The van der Waals surface area contributed by atoms with Crippen LogP contribution in [0.25, 0.3) is 33.5 Å². The van der Waals surface area contributed by atoms with Crippen molar-refractivity contribution in [3.63, 3.8) is 0 Å². The van der Waals surface area contributed by atoms with E-state index in [1.807, 2.05) is 66.7 Å². The van der Waals surface area contributed by atoms with Crippen molar-refractivity contribution in [3.8, 4) is 39.6 Å². The molecule has 2 N–H and O–H groups in total. The summed E-state index contributed by atoms with van der Waals surface area (Å²) in [7, 11) is 0. The van der Waals surface area contributed by atoms with Crippen molar-refractivity contribution in [1.82, 2.24) is 4.98 Å². The first-order chi connectivity index (χ1) is 15.6. The molecule has 0 saturated carbocycles. The number of nitrogens with two attached hydrogens (primary N) is 1. The number of hydrogen-bond donors (Lipinski definition) is 1. The maximum atomic E-state index is 12.9. The number of carbonyl (C=O) groups is 1. The normalized spacial score (nSPS) is 10.8. The first kappa shape index (κ1) is 21.2. The topological polar surface area (TPSA) is 92.1 Å². The third-order valence-corrected chi connectivity index (χ3v) is 5.34. The van der Waals surface area contributed by atoms with E-state index < -0.39 is 5.91 Å². The van der Waals surface area contributed by atoms with Gasteiger partial charge in [-0.25, -0.2) is 0 Å². The second kappa shape index (κ2) is 9.43. The Morgan fingerprint density at radius 1 is 0.969 bits per heavy atom. The number of nitriles is 1. The van der Waals surface area contributed by atoms with Gasteiger partial charge in [-0.2, -0.15) is 0 Å². The Bertz CT molecular complexity index is 1370. The number of benzene rings is 3. The van der Waals surface area contributed by atoms with E-state index in [1.165, 1.54) is 0 Å². The van der Waals surface area contributed by atoms with Crippen LogP contribution in [0.15, 0.2) is 89.0 Å². The summed E-state index contributed by atoms with van der Waals surface area (Å²) in [6.07, 6.45) is 3.44. The fraction of sp³-hybridized carbons (Fsp3) is 0. The Balaban J connectivity index is 2.11. The summed E-state index contributed by atoms with van der Waals surface area (Å²) in [4.78, 5) is 17.5. The number of nitrogens with zero attached hydrogens (tertiary/aromatic N) is 3. The number of aromatic nitrogens is 1. The first-order valence-electron chi connectivity index (χ1n) is 9.79. The van der Waals surface area contributed by atoms with Crippen molar-refractivity contribution >= 4 is 29.2 Å². The van der Waals surface area contributed by atoms with Crippen molar-refractivity contribution in [3.05, 3.63) is 102 Å². The molecular formula is C26H17AsN4O. The molecule has 0 unspecified atom stereocenters. The predicted octanol–water partition coefficient (Wildman–Crippen LogP) is 4.56. The molecule has 0 aliphatic heterocycles. The molecule has 0 bridgehead atoms. The predicted molar refractivity (Wildman–Crippen MR) is 127 cm³/mol. The van der Waals surface area contributed by atoms with Gasteiger partial charge in [0.25, 0.3) is 0 Å². The third-order valence-electron chi connectivity index (χ3n) is 5.09. The van der Waals surface area contributed by atoms with Gasteiger partial charge in [-0.1, -0.05) is 6.07 Å². The average Bonchev–Trinajstić information content (AvgIpc) is 2.84. The average molecular weight is 476 g/mol. The van der Waals surface area contributed by atoms with E-state index in [9.17, 15) is 10.1 Å². The van der Waals surface area contributed by atoms with Crippen LogP contribution in [0.2, 0.25) is 0 Å². The van der Waals surface area contributed by atoms with E-state index in [0.29, 0.717) is 22.4 Å². The van der Waals surface area contributed by atoms with E-state index in [-0.39, 0.29) is 5.56 Å². The van der Waals surface area contributed by atoms with Gasteiger partial charge in [-0.15, -0.1) is 0 Å². The van der Waals surface area contributed by atoms with Crippen LogP contribution < -0.4 is 5.73 Å². The second-order valence-electron chi connectivity index (χ2n) is 7.03.